The molecule has 2 aromatic carbocycles. The number of nitrogens with zero attached hydrogens (tertiary/aromatic N) is 1. The summed E-state index contributed by atoms with van der Waals surface area (Å²) < 4.78 is 5.10. The van der Waals surface area contributed by atoms with Gasteiger partial charge >= 0.3 is 0 Å². The topological polar surface area (TPSA) is 79.0 Å². The zero-order chi connectivity index (χ0) is 23.0. The number of ether oxygens (including phenoxy) is 1. The maximum absolute atomic E-state index is 12.9. The van der Waals surface area contributed by atoms with Crippen LogP contribution < -0.4 is 10.6 Å². The van der Waals surface area contributed by atoms with Crippen molar-refractivity contribution in [3.8, 4) is 0 Å². The Morgan fingerprint density at radius 3 is 2.88 bits per heavy atom. The normalized spacial score (nSPS) is 11.5. The lowest BCUT2D eigenvalue weighted by Gasteiger charge is -2.12. The van der Waals surface area contributed by atoms with Crippen molar-refractivity contribution >= 4 is 46.0 Å². The molecular formula is C26H28N4O2S. The summed E-state index contributed by atoms with van der Waals surface area (Å²) in [6.45, 7) is 4.28. The molecule has 0 saturated heterocycles. The van der Waals surface area contributed by atoms with Crippen molar-refractivity contribution in [2.24, 2.45) is 0 Å². The van der Waals surface area contributed by atoms with Gasteiger partial charge < -0.3 is 15.4 Å². The van der Waals surface area contributed by atoms with Gasteiger partial charge in [0, 0.05) is 31.3 Å². The van der Waals surface area contributed by atoms with Gasteiger partial charge in [-0.2, -0.15) is 5.10 Å². The van der Waals surface area contributed by atoms with Gasteiger partial charge in [-0.05, 0) is 66.2 Å². The molecular weight excluding hydrogens is 432 g/mol. The van der Waals surface area contributed by atoms with Gasteiger partial charge in [0.05, 0.1) is 16.1 Å². The molecule has 33 heavy (non-hydrogen) atoms. The predicted octanol–water partition coefficient (Wildman–Crippen LogP) is 5.48. The molecule has 0 radical (unpaired) electrons. The Morgan fingerprint density at radius 1 is 1.18 bits per heavy atom. The van der Waals surface area contributed by atoms with Crippen LogP contribution in [0.3, 0.4) is 0 Å². The van der Waals surface area contributed by atoms with E-state index in [0.29, 0.717) is 0 Å². The Bertz CT molecular complexity index is 1260. The third-order valence-corrected chi connectivity index (χ3v) is 6.40. The number of rotatable bonds is 10. The summed E-state index contributed by atoms with van der Waals surface area (Å²) in [5.41, 5.74) is 5.64. The largest absolute Gasteiger partial charge is 0.385 e. The first-order valence-corrected chi connectivity index (χ1v) is 11.8. The number of aryl methyl sites for hydroxylation is 1. The summed E-state index contributed by atoms with van der Waals surface area (Å²) in [6, 6.07) is 16.1. The average molecular weight is 461 g/mol. The number of anilines is 1. The monoisotopic (exact) mass is 460 g/mol. The van der Waals surface area contributed by atoms with E-state index in [2.05, 4.69) is 26.9 Å². The second-order valence-corrected chi connectivity index (χ2v) is 8.74. The number of fused-ring (bicyclic) bond motifs is 1. The first-order valence-electron chi connectivity index (χ1n) is 10.9. The highest BCUT2D eigenvalue weighted by atomic mass is 32.1. The fourth-order valence-electron chi connectivity index (χ4n) is 3.61. The van der Waals surface area contributed by atoms with E-state index in [0.717, 1.165) is 70.0 Å². The molecule has 0 bridgehead atoms. The van der Waals surface area contributed by atoms with Gasteiger partial charge in [0.1, 0.15) is 0 Å². The highest BCUT2D eigenvalue weighted by Crippen LogP contribution is 2.25. The second kappa shape index (κ2) is 11.0. The average Bonchev–Trinajstić information content (AvgIpc) is 3.44. The highest BCUT2D eigenvalue weighted by molar-refractivity contribution is 7.12. The number of para-hydroxylation sites is 1. The van der Waals surface area contributed by atoms with Gasteiger partial charge in [-0.15, -0.1) is 11.3 Å². The summed E-state index contributed by atoms with van der Waals surface area (Å²) in [6.07, 6.45) is 4.92. The molecule has 3 N–H and O–H groups in total. The molecule has 7 heteroatoms. The summed E-state index contributed by atoms with van der Waals surface area (Å²) >= 11 is 1.45. The number of carbonyl (C=O) groups excluding carboxylic acids is 1. The number of methoxy groups -OCH3 is 1. The molecule has 170 valence electrons. The van der Waals surface area contributed by atoms with Crippen LogP contribution in [-0.4, -0.2) is 36.4 Å². The van der Waals surface area contributed by atoms with E-state index in [1.807, 2.05) is 66.9 Å². The third kappa shape index (κ3) is 5.76. The van der Waals surface area contributed by atoms with Gasteiger partial charge in [0.25, 0.3) is 5.91 Å². The summed E-state index contributed by atoms with van der Waals surface area (Å²) in [5.74, 6) is -0.0902. The first kappa shape index (κ1) is 22.9. The molecule has 2 heterocycles. The van der Waals surface area contributed by atoms with Crippen LogP contribution in [0.25, 0.3) is 23.1 Å². The van der Waals surface area contributed by atoms with Crippen LogP contribution in [0.15, 0.2) is 53.9 Å². The van der Waals surface area contributed by atoms with Crippen molar-refractivity contribution in [1.82, 2.24) is 15.5 Å². The number of aromatic nitrogens is 2. The lowest BCUT2D eigenvalue weighted by atomic mass is 10.1. The molecule has 4 rings (SSSR count). The highest BCUT2D eigenvalue weighted by Gasteiger charge is 2.13. The van der Waals surface area contributed by atoms with Crippen LogP contribution in [0, 0.1) is 6.92 Å². The number of benzene rings is 2. The lowest BCUT2D eigenvalue weighted by Crippen LogP contribution is -2.17. The molecule has 0 spiro atoms. The van der Waals surface area contributed by atoms with E-state index in [9.17, 15) is 4.79 Å². The van der Waals surface area contributed by atoms with Crippen molar-refractivity contribution in [3.63, 3.8) is 0 Å². The number of aromatic amines is 1. The molecule has 0 unspecified atom stereocenters. The number of hydrogen-bond donors (Lipinski definition) is 3. The minimum absolute atomic E-state index is 0.0902. The molecule has 0 atom stereocenters. The number of amides is 1. The van der Waals surface area contributed by atoms with Crippen molar-refractivity contribution in [1.29, 1.82) is 0 Å². The van der Waals surface area contributed by atoms with E-state index in [4.69, 9.17) is 4.74 Å². The minimum Gasteiger partial charge on any atom is -0.385 e. The molecule has 1 amide bonds. The number of nitrogens with one attached hydrogen (secondary N) is 3. The molecule has 2 aromatic heterocycles. The van der Waals surface area contributed by atoms with E-state index >= 15 is 0 Å². The van der Waals surface area contributed by atoms with E-state index < -0.39 is 0 Å². The summed E-state index contributed by atoms with van der Waals surface area (Å²) in [4.78, 5) is 13.7. The van der Waals surface area contributed by atoms with Crippen LogP contribution in [0.5, 0.6) is 0 Å². The summed E-state index contributed by atoms with van der Waals surface area (Å²) in [5, 5.41) is 17.0. The molecule has 0 aliphatic rings. The van der Waals surface area contributed by atoms with Crippen molar-refractivity contribution in [3.05, 3.63) is 81.2 Å². The van der Waals surface area contributed by atoms with Crippen molar-refractivity contribution < 1.29 is 9.53 Å². The van der Waals surface area contributed by atoms with Crippen molar-refractivity contribution in [2.45, 2.75) is 19.9 Å². The molecule has 0 aliphatic heterocycles. The van der Waals surface area contributed by atoms with Crippen LogP contribution in [0.2, 0.25) is 0 Å². The molecule has 4 aromatic rings. The van der Waals surface area contributed by atoms with Gasteiger partial charge in [0.15, 0.2) is 0 Å². The molecule has 6 nitrogen and oxygen atoms in total. The van der Waals surface area contributed by atoms with Crippen LogP contribution in [0.4, 0.5) is 5.69 Å². The summed E-state index contributed by atoms with van der Waals surface area (Å²) in [7, 11) is 1.71. The predicted molar refractivity (Wildman–Crippen MR) is 137 cm³/mol. The Labute approximate surface area is 197 Å². The number of carbonyl (C=O) groups is 1. The first-order chi connectivity index (χ1) is 16.2. The van der Waals surface area contributed by atoms with E-state index in [1.54, 1.807) is 7.11 Å². The SMILES string of the molecule is COCCCNCc1ccc(C=Cc2n[nH]c3ccccc23)c(NC(=O)c2sccc2C)c1. The van der Waals surface area contributed by atoms with Crippen LogP contribution >= 0.6 is 11.3 Å². The minimum atomic E-state index is -0.0902. The van der Waals surface area contributed by atoms with Gasteiger partial charge in [-0.1, -0.05) is 36.4 Å². The zero-order valence-corrected chi connectivity index (χ0v) is 19.7. The Hall–Kier alpha value is -3.26. The van der Waals surface area contributed by atoms with E-state index in [1.165, 1.54) is 11.3 Å². The van der Waals surface area contributed by atoms with E-state index in [-0.39, 0.29) is 5.91 Å². The molecule has 0 fully saturated rings. The quantitative estimate of drug-likeness (QED) is 0.274. The lowest BCUT2D eigenvalue weighted by molar-refractivity contribution is 0.103. The Morgan fingerprint density at radius 2 is 2.06 bits per heavy atom. The molecule has 0 saturated carbocycles. The maximum atomic E-state index is 12.9. The maximum Gasteiger partial charge on any atom is 0.266 e. The van der Waals surface area contributed by atoms with Gasteiger partial charge in [0.2, 0.25) is 0 Å². The van der Waals surface area contributed by atoms with Crippen LogP contribution in [0.1, 0.15) is 38.5 Å². The Balaban J connectivity index is 1.57. The van der Waals surface area contributed by atoms with Crippen molar-refractivity contribution in [2.75, 3.05) is 25.6 Å². The number of hydrogen-bond acceptors (Lipinski definition) is 5. The second-order valence-electron chi connectivity index (χ2n) is 7.82. The van der Waals surface area contributed by atoms with Gasteiger partial charge in [-0.25, -0.2) is 0 Å². The standard InChI is InChI=1S/C26H28N4O2S/c1-18-12-15-33-25(18)26(31)28-24-16-19(17-27-13-5-14-32-2)8-9-20(24)10-11-23-21-6-3-4-7-22(21)29-30-23/h3-4,6-12,15-16,27H,5,13-14,17H2,1-2H3,(H,28,31)(H,29,30). The molecule has 0 aliphatic carbocycles. The smallest absolute Gasteiger partial charge is 0.266 e. The third-order valence-electron chi connectivity index (χ3n) is 5.39. The fraction of sp³-hybridized carbons (Fsp3) is 0.231. The number of H-pyrrole nitrogens is 1. The fourth-order valence-corrected chi connectivity index (χ4v) is 4.43. The number of thiophene rings is 1. The zero-order valence-electron chi connectivity index (χ0n) is 18.9. The van der Waals surface area contributed by atoms with Crippen LogP contribution in [-0.2, 0) is 11.3 Å². The Kier molecular flexibility index (Phi) is 7.67. The van der Waals surface area contributed by atoms with Gasteiger partial charge in [-0.3, -0.25) is 9.89 Å².